The monoisotopic (exact) mass is 368 g/mol. The summed E-state index contributed by atoms with van der Waals surface area (Å²) >= 11 is 4.88. The van der Waals surface area contributed by atoms with Crippen LogP contribution >= 0.6 is 27.3 Å². The molecule has 0 aliphatic heterocycles. The van der Waals surface area contributed by atoms with E-state index in [9.17, 15) is 8.42 Å². The summed E-state index contributed by atoms with van der Waals surface area (Å²) < 4.78 is 26.7. The van der Waals surface area contributed by atoms with Gasteiger partial charge in [0.05, 0.1) is 13.6 Å². The van der Waals surface area contributed by atoms with Gasteiger partial charge in [0.25, 0.3) is 10.0 Å². The zero-order valence-electron chi connectivity index (χ0n) is 10.1. The first-order chi connectivity index (χ1) is 9.57. The van der Waals surface area contributed by atoms with Gasteiger partial charge >= 0.3 is 0 Å². The van der Waals surface area contributed by atoms with Crippen LogP contribution in [-0.2, 0) is 10.0 Å². The highest BCUT2D eigenvalue weighted by Gasteiger charge is 2.18. The largest absolute Gasteiger partial charge is 0.282 e. The van der Waals surface area contributed by atoms with E-state index < -0.39 is 10.0 Å². The Hall–Kier alpha value is -1.44. The van der Waals surface area contributed by atoms with Crippen LogP contribution in [0.3, 0.4) is 0 Å². The summed E-state index contributed by atoms with van der Waals surface area (Å²) in [6, 6.07) is 13.8. The van der Waals surface area contributed by atoms with Crippen molar-refractivity contribution in [2.45, 2.75) is 4.90 Å². The zero-order valence-corrected chi connectivity index (χ0v) is 13.3. The lowest BCUT2D eigenvalue weighted by Crippen LogP contribution is -2.13. The van der Waals surface area contributed by atoms with Gasteiger partial charge in [-0.25, -0.2) is 0 Å². The maximum atomic E-state index is 12.4. The highest BCUT2D eigenvalue weighted by molar-refractivity contribution is 9.11. The van der Waals surface area contributed by atoms with Crippen molar-refractivity contribution in [3.05, 3.63) is 58.5 Å². The first-order valence-corrected chi connectivity index (χ1v) is 8.74. The van der Waals surface area contributed by atoms with Gasteiger partial charge < -0.3 is 0 Å². The molecule has 0 spiro atoms. The molecular formula is C13H9BrN2O2S2. The Morgan fingerprint density at radius 2 is 1.80 bits per heavy atom. The minimum atomic E-state index is -3.62. The first-order valence-electron chi connectivity index (χ1n) is 5.69. The summed E-state index contributed by atoms with van der Waals surface area (Å²) in [5, 5.41) is 4.16. The molecule has 0 aliphatic carbocycles. The molecule has 2 aromatic heterocycles. The molecule has 0 radical (unpaired) electrons. The Labute approximate surface area is 128 Å². The number of benzene rings is 1. The Balaban J connectivity index is 2.02. The fraction of sp³-hybridized carbons (Fsp3) is 0. The van der Waals surface area contributed by atoms with Gasteiger partial charge in [-0.05, 0) is 46.3 Å². The van der Waals surface area contributed by atoms with Crippen LogP contribution in [0.1, 0.15) is 0 Å². The molecule has 0 bridgehead atoms. The molecule has 2 heterocycles. The van der Waals surface area contributed by atoms with Crippen LogP contribution in [-0.4, -0.2) is 17.6 Å². The normalized spacial score (nSPS) is 11.7. The molecule has 102 valence electrons. The van der Waals surface area contributed by atoms with Crippen molar-refractivity contribution in [3.8, 4) is 10.6 Å². The second-order valence-corrected chi connectivity index (χ2v) is 8.25. The van der Waals surface area contributed by atoms with Crippen molar-refractivity contribution in [2.75, 3.05) is 0 Å². The number of thiophene rings is 1. The lowest BCUT2D eigenvalue weighted by molar-refractivity contribution is 0.580. The van der Waals surface area contributed by atoms with Gasteiger partial charge in [0.1, 0.15) is 5.69 Å². The summed E-state index contributed by atoms with van der Waals surface area (Å²) in [6.45, 7) is 0. The molecule has 0 saturated heterocycles. The highest BCUT2D eigenvalue weighted by atomic mass is 79.9. The van der Waals surface area contributed by atoms with E-state index in [4.69, 9.17) is 0 Å². The molecule has 0 unspecified atom stereocenters. The minimum Gasteiger partial charge on any atom is -0.199 e. The summed E-state index contributed by atoms with van der Waals surface area (Å²) in [4.78, 5) is 1.14. The lowest BCUT2D eigenvalue weighted by atomic mass is 10.4. The Morgan fingerprint density at radius 1 is 1.05 bits per heavy atom. The standard InChI is InChI=1S/C13H9BrN2O2S2/c14-13-7-6-12(19-13)11-8-9-16(15-11)20(17,18)10-4-2-1-3-5-10/h1-9H. The molecule has 3 rings (SSSR count). The second kappa shape index (κ2) is 5.16. The lowest BCUT2D eigenvalue weighted by Gasteiger charge is -2.03. The van der Waals surface area contributed by atoms with E-state index in [-0.39, 0.29) is 4.90 Å². The van der Waals surface area contributed by atoms with Gasteiger partial charge in [0.2, 0.25) is 0 Å². The van der Waals surface area contributed by atoms with Gasteiger partial charge in [0.15, 0.2) is 0 Å². The van der Waals surface area contributed by atoms with Gasteiger partial charge in [0, 0.05) is 6.20 Å². The minimum absolute atomic E-state index is 0.224. The maximum absolute atomic E-state index is 12.4. The van der Waals surface area contributed by atoms with Crippen LogP contribution in [0.25, 0.3) is 10.6 Å². The predicted octanol–water partition coefficient (Wildman–Crippen LogP) is 3.61. The zero-order chi connectivity index (χ0) is 14.2. The number of halogens is 1. The first kappa shape index (κ1) is 13.5. The van der Waals surface area contributed by atoms with Crippen molar-refractivity contribution in [1.82, 2.24) is 9.19 Å². The molecule has 0 amide bonds. The Kier molecular flexibility index (Phi) is 3.49. The SMILES string of the molecule is O=S(=O)(c1ccccc1)n1ccc(-c2ccc(Br)s2)n1. The van der Waals surface area contributed by atoms with E-state index in [0.29, 0.717) is 5.69 Å². The summed E-state index contributed by atoms with van der Waals surface area (Å²) in [5.74, 6) is 0. The smallest absolute Gasteiger partial charge is 0.199 e. The number of aromatic nitrogens is 2. The molecule has 0 aliphatic rings. The summed E-state index contributed by atoms with van der Waals surface area (Å²) in [7, 11) is -3.62. The maximum Gasteiger partial charge on any atom is 0.282 e. The molecular weight excluding hydrogens is 360 g/mol. The molecule has 4 nitrogen and oxygen atoms in total. The van der Waals surface area contributed by atoms with Crippen molar-refractivity contribution >= 4 is 37.3 Å². The van der Waals surface area contributed by atoms with E-state index >= 15 is 0 Å². The topological polar surface area (TPSA) is 52.0 Å². The Bertz CT molecular complexity index is 838. The van der Waals surface area contributed by atoms with Gasteiger partial charge in [-0.15, -0.1) is 11.3 Å². The molecule has 0 saturated carbocycles. The van der Waals surface area contributed by atoms with E-state index in [0.717, 1.165) is 12.8 Å². The van der Waals surface area contributed by atoms with Crippen LogP contribution in [0.15, 0.2) is 63.4 Å². The third-order valence-corrected chi connectivity index (χ3v) is 5.89. The van der Waals surface area contributed by atoms with Gasteiger partial charge in [-0.2, -0.15) is 17.6 Å². The van der Waals surface area contributed by atoms with Gasteiger partial charge in [-0.1, -0.05) is 18.2 Å². The average Bonchev–Trinajstić information content (AvgIpc) is 3.08. The molecule has 0 atom stereocenters. The van der Waals surface area contributed by atoms with E-state index in [1.807, 2.05) is 12.1 Å². The average molecular weight is 369 g/mol. The van der Waals surface area contributed by atoms with Gasteiger partial charge in [-0.3, -0.25) is 0 Å². The summed E-state index contributed by atoms with van der Waals surface area (Å²) in [6.07, 6.45) is 1.46. The van der Waals surface area contributed by atoms with E-state index in [1.165, 1.54) is 17.5 Å². The second-order valence-electron chi connectivity index (χ2n) is 4.00. The van der Waals surface area contributed by atoms with Crippen LogP contribution in [0, 0.1) is 0 Å². The summed E-state index contributed by atoms with van der Waals surface area (Å²) in [5.41, 5.74) is 0.639. The number of nitrogens with zero attached hydrogens (tertiary/aromatic N) is 2. The van der Waals surface area contributed by atoms with Crippen molar-refractivity contribution in [2.24, 2.45) is 0 Å². The van der Waals surface area contributed by atoms with Crippen LogP contribution in [0.4, 0.5) is 0 Å². The highest BCUT2D eigenvalue weighted by Crippen LogP contribution is 2.30. The predicted molar refractivity (Wildman–Crippen MR) is 82.3 cm³/mol. The third kappa shape index (κ3) is 2.44. The van der Waals surface area contributed by atoms with E-state index in [1.54, 1.807) is 36.4 Å². The fourth-order valence-corrected chi connectivity index (χ4v) is 4.21. The fourth-order valence-electron chi connectivity index (χ4n) is 1.72. The number of rotatable bonds is 3. The third-order valence-electron chi connectivity index (χ3n) is 2.68. The quantitative estimate of drug-likeness (QED) is 0.709. The Morgan fingerprint density at radius 3 is 2.45 bits per heavy atom. The van der Waals surface area contributed by atoms with Crippen LogP contribution < -0.4 is 0 Å². The van der Waals surface area contributed by atoms with Crippen LogP contribution in [0.5, 0.6) is 0 Å². The molecule has 1 aromatic carbocycles. The van der Waals surface area contributed by atoms with E-state index in [2.05, 4.69) is 21.0 Å². The van der Waals surface area contributed by atoms with Crippen LogP contribution in [0.2, 0.25) is 0 Å². The molecule has 0 N–H and O–H groups in total. The number of hydrogen-bond acceptors (Lipinski definition) is 4. The van der Waals surface area contributed by atoms with Crippen molar-refractivity contribution in [1.29, 1.82) is 0 Å². The van der Waals surface area contributed by atoms with Crippen molar-refractivity contribution < 1.29 is 8.42 Å². The molecule has 7 heteroatoms. The number of hydrogen-bond donors (Lipinski definition) is 0. The molecule has 20 heavy (non-hydrogen) atoms. The molecule has 3 aromatic rings. The van der Waals surface area contributed by atoms with Crippen molar-refractivity contribution in [3.63, 3.8) is 0 Å². The molecule has 0 fully saturated rings.